The normalized spacial score (nSPS) is 11.2. The van der Waals surface area contributed by atoms with Crippen LogP contribution >= 0.6 is 22.9 Å². The van der Waals surface area contributed by atoms with E-state index in [2.05, 4.69) is 9.97 Å². The lowest BCUT2D eigenvalue weighted by Gasteiger charge is -2.10. The SMILES string of the molecule is COc1ccc(C)cc1-c1c(C)sc2nc(CCCCl)[nH]c(=O)c12. The Morgan fingerprint density at radius 1 is 1.33 bits per heavy atom. The maximum absolute atomic E-state index is 12.7. The van der Waals surface area contributed by atoms with Crippen LogP contribution in [-0.2, 0) is 6.42 Å². The number of benzene rings is 1. The van der Waals surface area contributed by atoms with Gasteiger partial charge in [0.15, 0.2) is 0 Å². The highest BCUT2D eigenvalue weighted by molar-refractivity contribution is 7.19. The van der Waals surface area contributed by atoms with Gasteiger partial charge >= 0.3 is 0 Å². The molecule has 4 nitrogen and oxygen atoms in total. The average Bonchev–Trinajstić information content (AvgIpc) is 2.89. The molecule has 2 heterocycles. The maximum atomic E-state index is 12.7. The number of fused-ring (bicyclic) bond motifs is 1. The lowest BCUT2D eigenvalue weighted by atomic mass is 10.0. The van der Waals surface area contributed by atoms with E-state index in [1.807, 2.05) is 32.0 Å². The standard InChI is InChI=1S/C18H19ClN2O2S/c1-10-6-7-13(23-3)12(9-10)15-11(2)24-18-16(15)17(22)20-14(21-18)5-4-8-19/h6-7,9H,4-5,8H2,1-3H3,(H,20,21,22). The molecule has 0 amide bonds. The Balaban J connectivity index is 2.25. The van der Waals surface area contributed by atoms with Gasteiger partial charge in [-0.25, -0.2) is 4.98 Å². The molecule has 0 fully saturated rings. The fourth-order valence-electron chi connectivity index (χ4n) is 2.86. The van der Waals surface area contributed by atoms with Gasteiger partial charge in [0.2, 0.25) is 0 Å². The first kappa shape index (κ1) is 17.0. The monoisotopic (exact) mass is 362 g/mol. The van der Waals surface area contributed by atoms with Crippen LogP contribution in [-0.4, -0.2) is 23.0 Å². The highest BCUT2D eigenvalue weighted by Crippen LogP contribution is 2.40. The van der Waals surface area contributed by atoms with Crippen molar-refractivity contribution in [3.8, 4) is 16.9 Å². The van der Waals surface area contributed by atoms with E-state index in [1.165, 1.54) is 0 Å². The molecule has 1 aromatic carbocycles. The number of aromatic amines is 1. The van der Waals surface area contributed by atoms with E-state index in [-0.39, 0.29) is 5.56 Å². The summed E-state index contributed by atoms with van der Waals surface area (Å²) in [6, 6.07) is 5.98. The van der Waals surface area contributed by atoms with Crippen molar-refractivity contribution >= 4 is 33.2 Å². The second kappa shape index (κ2) is 6.95. The second-order valence-corrected chi connectivity index (χ2v) is 7.30. The molecule has 3 aromatic rings. The molecule has 1 N–H and O–H groups in total. The van der Waals surface area contributed by atoms with Crippen molar-refractivity contribution in [2.24, 2.45) is 0 Å². The number of ether oxygens (including phenoxy) is 1. The molecular formula is C18H19ClN2O2S. The van der Waals surface area contributed by atoms with E-state index in [0.717, 1.165) is 38.6 Å². The molecule has 6 heteroatoms. The van der Waals surface area contributed by atoms with Crippen molar-refractivity contribution < 1.29 is 4.74 Å². The number of nitrogens with zero attached hydrogens (tertiary/aromatic N) is 1. The van der Waals surface area contributed by atoms with Gasteiger partial charge in [-0.05, 0) is 32.4 Å². The Bertz CT molecular complexity index is 946. The van der Waals surface area contributed by atoms with Crippen LogP contribution in [0.1, 0.15) is 22.7 Å². The van der Waals surface area contributed by atoms with Gasteiger partial charge in [0, 0.05) is 28.3 Å². The Morgan fingerprint density at radius 3 is 2.83 bits per heavy atom. The van der Waals surface area contributed by atoms with E-state index in [0.29, 0.717) is 23.5 Å². The van der Waals surface area contributed by atoms with Crippen LogP contribution in [0.25, 0.3) is 21.3 Å². The van der Waals surface area contributed by atoms with Crippen LogP contribution in [0.4, 0.5) is 0 Å². The molecule has 2 aromatic heterocycles. The molecule has 0 radical (unpaired) electrons. The smallest absolute Gasteiger partial charge is 0.260 e. The van der Waals surface area contributed by atoms with Crippen molar-refractivity contribution in [2.75, 3.05) is 13.0 Å². The maximum Gasteiger partial charge on any atom is 0.260 e. The van der Waals surface area contributed by atoms with Crippen molar-refractivity contribution in [3.05, 3.63) is 44.8 Å². The summed E-state index contributed by atoms with van der Waals surface area (Å²) in [5, 5.41) is 0.635. The van der Waals surface area contributed by atoms with E-state index in [1.54, 1.807) is 18.4 Å². The van der Waals surface area contributed by atoms with Crippen LogP contribution in [0.5, 0.6) is 5.75 Å². The zero-order valence-corrected chi connectivity index (χ0v) is 15.5. The first-order chi connectivity index (χ1) is 11.5. The zero-order chi connectivity index (χ0) is 17.3. The molecule has 0 spiro atoms. The number of H-pyrrole nitrogens is 1. The minimum absolute atomic E-state index is 0.104. The Kier molecular flexibility index (Phi) is 4.92. The summed E-state index contributed by atoms with van der Waals surface area (Å²) in [4.78, 5) is 22.0. The van der Waals surface area contributed by atoms with E-state index in [9.17, 15) is 4.79 Å². The number of nitrogens with one attached hydrogen (secondary N) is 1. The molecule has 0 saturated heterocycles. The number of halogens is 1. The van der Waals surface area contributed by atoms with Gasteiger partial charge in [-0.3, -0.25) is 4.79 Å². The topological polar surface area (TPSA) is 55.0 Å². The summed E-state index contributed by atoms with van der Waals surface area (Å²) >= 11 is 7.28. The third-order valence-electron chi connectivity index (χ3n) is 3.96. The van der Waals surface area contributed by atoms with E-state index >= 15 is 0 Å². The van der Waals surface area contributed by atoms with Crippen LogP contribution in [0.2, 0.25) is 0 Å². The van der Waals surface area contributed by atoms with E-state index in [4.69, 9.17) is 16.3 Å². The fourth-order valence-corrected chi connectivity index (χ4v) is 4.05. The number of hydrogen-bond acceptors (Lipinski definition) is 4. The minimum Gasteiger partial charge on any atom is -0.496 e. The Morgan fingerprint density at radius 2 is 2.12 bits per heavy atom. The Hall–Kier alpha value is -1.85. The molecule has 0 aliphatic rings. The van der Waals surface area contributed by atoms with Gasteiger partial charge in [0.25, 0.3) is 5.56 Å². The molecule has 0 bridgehead atoms. The highest BCUT2D eigenvalue weighted by Gasteiger charge is 2.19. The lowest BCUT2D eigenvalue weighted by molar-refractivity contribution is 0.416. The van der Waals surface area contributed by atoms with Crippen LogP contribution in [0.3, 0.4) is 0 Å². The van der Waals surface area contributed by atoms with Crippen molar-refractivity contribution in [1.29, 1.82) is 0 Å². The number of alkyl halides is 1. The van der Waals surface area contributed by atoms with Gasteiger partial charge in [0.1, 0.15) is 16.4 Å². The van der Waals surface area contributed by atoms with Gasteiger partial charge < -0.3 is 9.72 Å². The summed E-state index contributed by atoms with van der Waals surface area (Å²) < 4.78 is 5.50. The van der Waals surface area contributed by atoms with Gasteiger partial charge in [-0.15, -0.1) is 22.9 Å². The number of aryl methyl sites for hydroxylation is 3. The minimum atomic E-state index is -0.104. The van der Waals surface area contributed by atoms with Crippen molar-refractivity contribution in [2.45, 2.75) is 26.7 Å². The third kappa shape index (κ3) is 3.06. The van der Waals surface area contributed by atoms with Crippen LogP contribution < -0.4 is 10.3 Å². The zero-order valence-electron chi connectivity index (χ0n) is 13.9. The average molecular weight is 363 g/mol. The number of thiophene rings is 1. The number of methoxy groups -OCH3 is 1. The molecule has 0 atom stereocenters. The molecule has 24 heavy (non-hydrogen) atoms. The summed E-state index contributed by atoms with van der Waals surface area (Å²) in [5.74, 6) is 2.00. The number of aromatic nitrogens is 2. The number of rotatable bonds is 5. The van der Waals surface area contributed by atoms with Crippen LogP contribution in [0.15, 0.2) is 23.0 Å². The predicted molar refractivity (Wildman–Crippen MR) is 101 cm³/mol. The van der Waals surface area contributed by atoms with Gasteiger partial charge in [0.05, 0.1) is 12.5 Å². The largest absolute Gasteiger partial charge is 0.496 e. The summed E-state index contributed by atoms with van der Waals surface area (Å²) in [7, 11) is 1.64. The van der Waals surface area contributed by atoms with Crippen molar-refractivity contribution in [1.82, 2.24) is 9.97 Å². The van der Waals surface area contributed by atoms with Gasteiger partial charge in [-0.2, -0.15) is 0 Å². The quantitative estimate of drug-likeness (QED) is 0.682. The molecular weight excluding hydrogens is 344 g/mol. The number of hydrogen-bond donors (Lipinski definition) is 1. The second-order valence-electron chi connectivity index (χ2n) is 5.72. The highest BCUT2D eigenvalue weighted by atomic mass is 35.5. The summed E-state index contributed by atoms with van der Waals surface area (Å²) in [6.07, 6.45) is 1.47. The molecule has 0 aliphatic carbocycles. The third-order valence-corrected chi connectivity index (χ3v) is 5.22. The summed E-state index contributed by atoms with van der Waals surface area (Å²) in [5.41, 5.74) is 2.86. The lowest BCUT2D eigenvalue weighted by Crippen LogP contribution is -2.11. The summed E-state index contributed by atoms with van der Waals surface area (Å²) in [6.45, 7) is 4.04. The fraction of sp³-hybridized carbons (Fsp3) is 0.333. The first-order valence-electron chi connectivity index (χ1n) is 7.78. The molecule has 0 unspecified atom stereocenters. The molecule has 126 valence electrons. The van der Waals surface area contributed by atoms with E-state index < -0.39 is 0 Å². The first-order valence-corrected chi connectivity index (χ1v) is 9.13. The van der Waals surface area contributed by atoms with Crippen molar-refractivity contribution in [3.63, 3.8) is 0 Å². The Labute approximate surface area is 149 Å². The molecule has 3 rings (SSSR count). The molecule has 0 saturated carbocycles. The predicted octanol–water partition coefficient (Wildman–Crippen LogP) is 4.45. The van der Waals surface area contributed by atoms with Gasteiger partial charge in [-0.1, -0.05) is 11.6 Å². The molecule has 0 aliphatic heterocycles. The van der Waals surface area contributed by atoms with Crippen LogP contribution in [0, 0.1) is 13.8 Å².